The maximum absolute atomic E-state index is 4.75. The van der Waals surface area contributed by atoms with Crippen LogP contribution in [0.25, 0.3) is 5.32 Å². The molecule has 1 fully saturated rings. The van der Waals surface area contributed by atoms with Crippen LogP contribution in [-0.4, -0.2) is 11.1 Å². The van der Waals surface area contributed by atoms with Crippen LogP contribution >= 0.6 is 0 Å². The van der Waals surface area contributed by atoms with Gasteiger partial charge in [0, 0.05) is 31.1 Å². The van der Waals surface area contributed by atoms with Crippen LogP contribution in [-0.2, 0) is 0 Å². The van der Waals surface area contributed by atoms with E-state index in [4.69, 9.17) is 5.32 Å². The third-order valence-corrected chi connectivity index (χ3v) is 2.18. The van der Waals surface area contributed by atoms with Gasteiger partial charge in [0.25, 0.3) is 0 Å². The van der Waals surface area contributed by atoms with E-state index >= 15 is 0 Å². The van der Waals surface area contributed by atoms with Crippen molar-refractivity contribution in [1.82, 2.24) is 0 Å². The monoisotopic (exact) mass is 378 g/mol. The van der Waals surface area contributed by atoms with Gasteiger partial charge in [0.2, 0.25) is 0 Å². The van der Waals surface area contributed by atoms with E-state index in [9.17, 15) is 0 Å². The molecule has 1 aliphatic heterocycles. The summed E-state index contributed by atoms with van der Waals surface area (Å²) in [5.74, 6) is 0. The van der Waals surface area contributed by atoms with Crippen LogP contribution in [0, 0.1) is 31.1 Å². The van der Waals surface area contributed by atoms with Crippen molar-refractivity contribution in [3.05, 3.63) is 5.32 Å². The van der Waals surface area contributed by atoms with Crippen LogP contribution in [0.15, 0.2) is 0 Å². The van der Waals surface area contributed by atoms with Crippen LogP contribution in [0.3, 0.4) is 0 Å². The van der Waals surface area contributed by atoms with Gasteiger partial charge in [-0.25, -0.2) is 0 Å². The summed E-state index contributed by atoms with van der Waals surface area (Å²) in [5.41, 5.74) is 0.476. The molecule has 0 atom stereocenters. The normalized spacial score (nSPS) is 27.3. The standard InChI is InChI=1S/C9H18N.U/c1-8(2)6-5-7-9(3,4)10-8;/h5-7H2,1-4H3;/q-1;. The van der Waals surface area contributed by atoms with Gasteiger partial charge in [-0.05, 0) is 0 Å². The van der Waals surface area contributed by atoms with Crippen molar-refractivity contribution < 1.29 is 31.1 Å². The van der Waals surface area contributed by atoms with E-state index < -0.39 is 0 Å². The molecular formula is C9H18NU-. The minimum Gasteiger partial charge on any atom is -0.652 e. The first-order valence-corrected chi connectivity index (χ1v) is 4.15. The molecule has 0 unspecified atom stereocenters. The fourth-order valence-corrected chi connectivity index (χ4v) is 1.88. The number of piperidine rings is 1. The summed E-state index contributed by atoms with van der Waals surface area (Å²) in [7, 11) is 0. The van der Waals surface area contributed by atoms with Crippen LogP contribution in [0.1, 0.15) is 47.0 Å². The maximum Gasteiger partial charge on any atom is 0 e. The SMILES string of the molecule is CC1(C)CCCC(C)(C)[N-]1.[U]. The quantitative estimate of drug-likeness (QED) is 0.615. The zero-order valence-electron chi connectivity index (χ0n) is 8.07. The van der Waals surface area contributed by atoms with E-state index in [2.05, 4.69) is 27.7 Å². The Kier molecular flexibility index (Phi) is 4.16. The minimum atomic E-state index is 0. The van der Waals surface area contributed by atoms with E-state index in [1.165, 1.54) is 19.3 Å². The Morgan fingerprint density at radius 1 is 0.909 bits per heavy atom. The Morgan fingerprint density at radius 2 is 1.27 bits per heavy atom. The Balaban J connectivity index is 0.000001000. The van der Waals surface area contributed by atoms with Crippen molar-refractivity contribution in [2.45, 2.75) is 58.0 Å². The summed E-state index contributed by atoms with van der Waals surface area (Å²) >= 11 is 0. The molecule has 1 rings (SSSR count). The summed E-state index contributed by atoms with van der Waals surface area (Å²) in [6.07, 6.45) is 3.86. The van der Waals surface area contributed by atoms with Gasteiger partial charge >= 0.3 is 0 Å². The van der Waals surface area contributed by atoms with E-state index in [1.54, 1.807) is 0 Å². The molecule has 1 heterocycles. The van der Waals surface area contributed by atoms with Crippen LogP contribution in [0.5, 0.6) is 0 Å². The molecule has 0 aromatic heterocycles. The van der Waals surface area contributed by atoms with Gasteiger partial charge in [-0.2, -0.15) is 0 Å². The molecular weight excluding hydrogens is 360 g/mol. The molecule has 0 bridgehead atoms. The van der Waals surface area contributed by atoms with E-state index in [0.717, 1.165) is 0 Å². The third kappa shape index (κ3) is 3.97. The van der Waals surface area contributed by atoms with Crippen LogP contribution < -0.4 is 0 Å². The van der Waals surface area contributed by atoms with E-state index in [-0.39, 0.29) is 42.2 Å². The number of hydrogen-bond donors (Lipinski definition) is 0. The fourth-order valence-electron chi connectivity index (χ4n) is 1.88. The van der Waals surface area contributed by atoms with Crippen molar-refractivity contribution in [2.24, 2.45) is 0 Å². The molecule has 0 spiro atoms. The van der Waals surface area contributed by atoms with Gasteiger partial charge in [0.15, 0.2) is 0 Å². The van der Waals surface area contributed by atoms with E-state index in [1.807, 2.05) is 0 Å². The van der Waals surface area contributed by atoms with Crippen molar-refractivity contribution in [1.29, 1.82) is 0 Å². The Labute approximate surface area is 94.1 Å². The summed E-state index contributed by atoms with van der Waals surface area (Å²) in [4.78, 5) is 0. The largest absolute Gasteiger partial charge is 0.652 e. The van der Waals surface area contributed by atoms with Gasteiger partial charge in [0.05, 0.1) is 0 Å². The zero-order valence-corrected chi connectivity index (χ0v) is 12.2. The average Bonchev–Trinajstić information content (AvgIpc) is 1.56. The van der Waals surface area contributed by atoms with E-state index in [0.29, 0.717) is 0 Å². The smallest absolute Gasteiger partial charge is 0 e. The summed E-state index contributed by atoms with van der Waals surface area (Å²) in [6, 6.07) is 0. The van der Waals surface area contributed by atoms with Crippen molar-refractivity contribution in [2.75, 3.05) is 0 Å². The molecule has 0 saturated carbocycles. The number of nitrogens with zero attached hydrogens (tertiary/aromatic N) is 1. The third-order valence-electron chi connectivity index (χ3n) is 2.18. The Bertz CT molecular complexity index is 116. The van der Waals surface area contributed by atoms with Crippen molar-refractivity contribution in [3.8, 4) is 0 Å². The second-order valence-corrected chi connectivity index (χ2v) is 4.59. The molecule has 11 heavy (non-hydrogen) atoms. The van der Waals surface area contributed by atoms with Gasteiger partial charge in [0.1, 0.15) is 0 Å². The van der Waals surface area contributed by atoms with Gasteiger partial charge in [-0.3, -0.25) is 0 Å². The molecule has 0 aromatic carbocycles. The van der Waals surface area contributed by atoms with Crippen molar-refractivity contribution in [3.63, 3.8) is 0 Å². The first-order chi connectivity index (χ1) is 4.41. The summed E-state index contributed by atoms with van der Waals surface area (Å²) < 4.78 is 0. The second kappa shape index (κ2) is 3.81. The fraction of sp³-hybridized carbons (Fsp3) is 1.00. The molecule has 2 heteroatoms. The van der Waals surface area contributed by atoms with Crippen LogP contribution in [0.4, 0.5) is 0 Å². The molecule has 1 aliphatic rings. The Morgan fingerprint density at radius 3 is 1.45 bits per heavy atom. The number of rotatable bonds is 0. The predicted molar refractivity (Wildman–Crippen MR) is 45.4 cm³/mol. The minimum absolute atomic E-state index is 0. The predicted octanol–water partition coefficient (Wildman–Crippen LogP) is 3.10. The molecule has 0 aromatic rings. The second-order valence-electron chi connectivity index (χ2n) is 4.59. The summed E-state index contributed by atoms with van der Waals surface area (Å²) in [6.45, 7) is 8.92. The Hall–Kier alpha value is 1.01. The first-order valence-electron chi connectivity index (χ1n) is 4.15. The molecule has 1 saturated heterocycles. The topological polar surface area (TPSA) is 14.1 Å². The number of hydrogen-bond acceptors (Lipinski definition) is 0. The molecule has 0 radical (unpaired) electrons. The van der Waals surface area contributed by atoms with Gasteiger partial charge in [-0.1, -0.05) is 47.0 Å². The molecule has 0 aliphatic carbocycles. The van der Waals surface area contributed by atoms with Gasteiger partial charge < -0.3 is 5.32 Å². The molecule has 0 amide bonds. The van der Waals surface area contributed by atoms with Gasteiger partial charge in [-0.15, -0.1) is 11.1 Å². The summed E-state index contributed by atoms with van der Waals surface area (Å²) in [5, 5.41) is 4.75. The first kappa shape index (κ1) is 12.0. The zero-order chi connectivity index (χ0) is 7.83. The van der Waals surface area contributed by atoms with Crippen molar-refractivity contribution >= 4 is 0 Å². The average molecular weight is 378 g/mol. The maximum atomic E-state index is 4.75. The molecule has 0 N–H and O–H groups in total. The molecule has 64 valence electrons. The van der Waals surface area contributed by atoms with Crippen LogP contribution in [0.2, 0.25) is 0 Å². The molecule has 1 nitrogen and oxygen atoms in total.